The molecular formula is C33H36Cl2F3N3O4S. The molecule has 1 N–H and O–H groups in total. The molecule has 0 saturated heterocycles. The van der Waals surface area contributed by atoms with Crippen LogP contribution in [0.15, 0.2) is 72.8 Å². The van der Waals surface area contributed by atoms with Crippen molar-refractivity contribution in [1.82, 2.24) is 10.2 Å². The van der Waals surface area contributed by atoms with Crippen LogP contribution in [0.25, 0.3) is 0 Å². The van der Waals surface area contributed by atoms with Crippen molar-refractivity contribution in [1.29, 1.82) is 0 Å². The van der Waals surface area contributed by atoms with Crippen molar-refractivity contribution in [2.24, 2.45) is 0 Å². The van der Waals surface area contributed by atoms with Crippen molar-refractivity contribution < 1.29 is 31.2 Å². The van der Waals surface area contributed by atoms with Crippen molar-refractivity contribution in [3.63, 3.8) is 0 Å². The van der Waals surface area contributed by atoms with Crippen LogP contribution in [0.3, 0.4) is 0 Å². The zero-order valence-electron chi connectivity index (χ0n) is 25.3. The van der Waals surface area contributed by atoms with Crippen LogP contribution in [0, 0.1) is 0 Å². The fourth-order valence-corrected chi connectivity index (χ4v) is 7.09. The summed E-state index contributed by atoms with van der Waals surface area (Å²) in [6, 6.07) is 17.2. The molecule has 1 aliphatic carbocycles. The molecule has 0 aliphatic heterocycles. The maximum Gasteiger partial charge on any atom is 0.416 e. The fourth-order valence-electron chi connectivity index (χ4n) is 5.62. The first kappa shape index (κ1) is 35.6. The van der Waals surface area contributed by atoms with E-state index >= 15 is 0 Å². The van der Waals surface area contributed by atoms with Crippen LogP contribution in [0.1, 0.15) is 55.2 Å². The number of carbonyl (C=O) groups excluding carboxylic acids is 2. The van der Waals surface area contributed by atoms with Gasteiger partial charge in [-0.2, -0.15) is 13.2 Å². The number of nitrogens with one attached hydrogen (secondary N) is 1. The van der Waals surface area contributed by atoms with Gasteiger partial charge in [0.15, 0.2) is 0 Å². The highest BCUT2D eigenvalue weighted by atomic mass is 35.5. The third-order valence-corrected chi connectivity index (χ3v) is 9.88. The second kappa shape index (κ2) is 15.5. The van der Waals surface area contributed by atoms with Crippen molar-refractivity contribution in [3.05, 3.63) is 99.5 Å². The first-order chi connectivity index (χ1) is 21.7. The molecule has 1 aliphatic rings. The van der Waals surface area contributed by atoms with Gasteiger partial charge < -0.3 is 10.2 Å². The molecule has 4 rings (SSSR count). The maximum absolute atomic E-state index is 14.0. The average molecular weight is 699 g/mol. The molecule has 0 spiro atoms. The third-order valence-electron chi connectivity index (χ3n) is 7.98. The highest BCUT2D eigenvalue weighted by Gasteiger charge is 2.34. The molecule has 46 heavy (non-hydrogen) atoms. The second-order valence-electron chi connectivity index (χ2n) is 11.4. The lowest BCUT2D eigenvalue weighted by molar-refractivity contribution is -0.141. The molecule has 1 saturated carbocycles. The number of benzene rings is 3. The van der Waals surface area contributed by atoms with Gasteiger partial charge in [-0.15, -0.1) is 0 Å². The lowest BCUT2D eigenvalue weighted by Gasteiger charge is -2.33. The summed E-state index contributed by atoms with van der Waals surface area (Å²) in [6.07, 6.45) is -0.134. The Morgan fingerprint density at radius 1 is 0.957 bits per heavy atom. The smallest absolute Gasteiger partial charge is 0.352 e. The topological polar surface area (TPSA) is 86.8 Å². The van der Waals surface area contributed by atoms with E-state index in [-0.39, 0.29) is 50.0 Å². The molecule has 0 unspecified atom stereocenters. The van der Waals surface area contributed by atoms with E-state index in [0.717, 1.165) is 60.0 Å². The molecule has 248 valence electrons. The molecule has 0 aromatic heterocycles. The standard InChI is InChI=1S/C33H36Cl2F3N3O4S/c1-46(44,45)41(26-15-7-12-24(21-26)33(36,37)38)19-9-18-31(42)40(22-27-28(34)16-8-17-29(27)35)30(20-23-10-3-2-4-11-23)32(43)39-25-13-5-6-14-25/h2-4,7-8,10-12,15-17,21,25,30H,5-6,9,13-14,18-20,22H2,1H3,(H,39,43)/t30-/m1/s1. The minimum atomic E-state index is -4.66. The van der Waals surface area contributed by atoms with Crippen molar-refractivity contribution >= 4 is 50.7 Å². The quantitative estimate of drug-likeness (QED) is 0.204. The van der Waals surface area contributed by atoms with Crippen molar-refractivity contribution in [2.45, 2.75) is 69.8 Å². The van der Waals surface area contributed by atoms with E-state index in [1.54, 1.807) is 18.2 Å². The van der Waals surface area contributed by atoms with E-state index in [2.05, 4.69) is 5.32 Å². The summed E-state index contributed by atoms with van der Waals surface area (Å²) in [6.45, 7) is -0.347. The highest BCUT2D eigenvalue weighted by molar-refractivity contribution is 7.92. The Bertz CT molecular complexity index is 1600. The lowest BCUT2D eigenvalue weighted by Crippen LogP contribution is -2.52. The fraction of sp³-hybridized carbons (Fsp3) is 0.394. The molecule has 0 bridgehead atoms. The van der Waals surface area contributed by atoms with Crippen LogP contribution in [-0.4, -0.2) is 50.0 Å². The van der Waals surface area contributed by atoms with Gasteiger partial charge in [-0.3, -0.25) is 13.9 Å². The molecule has 0 heterocycles. The minimum Gasteiger partial charge on any atom is -0.352 e. The molecule has 3 aromatic carbocycles. The Morgan fingerprint density at radius 3 is 2.20 bits per heavy atom. The maximum atomic E-state index is 14.0. The number of sulfonamides is 1. The minimum absolute atomic E-state index is 0.0117. The van der Waals surface area contributed by atoms with Crippen LogP contribution in [0.4, 0.5) is 18.9 Å². The van der Waals surface area contributed by atoms with Crippen LogP contribution in [-0.2, 0) is 38.8 Å². The zero-order chi connectivity index (χ0) is 33.5. The first-order valence-electron chi connectivity index (χ1n) is 15.0. The van der Waals surface area contributed by atoms with Crippen molar-refractivity contribution in [2.75, 3.05) is 17.1 Å². The summed E-state index contributed by atoms with van der Waals surface area (Å²) in [5.74, 6) is -0.787. The predicted molar refractivity (Wildman–Crippen MR) is 174 cm³/mol. The summed E-state index contributed by atoms with van der Waals surface area (Å²) < 4.78 is 66.2. The number of amides is 2. The van der Waals surface area contributed by atoms with E-state index in [0.29, 0.717) is 15.6 Å². The summed E-state index contributed by atoms with van der Waals surface area (Å²) in [7, 11) is -4.00. The molecule has 2 amide bonds. The van der Waals surface area contributed by atoms with Crippen LogP contribution in [0.5, 0.6) is 0 Å². The van der Waals surface area contributed by atoms with E-state index < -0.39 is 33.7 Å². The van der Waals surface area contributed by atoms with Gasteiger partial charge in [-0.25, -0.2) is 8.42 Å². The predicted octanol–water partition coefficient (Wildman–Crippen LogP) is 7.26. The molecule has 7 nitrogen and oxygen atoms in total. The monoisotopic (exact) mass is 697 g/mol. The van der Waals surface area contributed by atoms with Crippen LogP contribution < -0.4 is 9.62 Å². The number of nitrogens with zero attached hydrogens (tertiary/aromatic N) is 2. The number of hydrogen-bond acceptors (Lipinski definition) is 4. The highest BCUT2D eigenvalue weighted by Crippen LogP contribution is 2.33. The van der Waals surface area contributed by atoms with E-state index in [4.69, 9.17) is 23.2 Å². The number of hydrogen-bond donors (Lipinski definition) is 1. The summed E-state index contributed by atoms with van der Waals surface area (Å²) in [4.78, 5) is 29.3. The average Bonchev–Trinajstić information content (AvgIpc) is 3.51. The van der Waals surface area contributed by atoms with Crippen LogP contribution in [0.2, 0.25) is 10.0 Å². The van der Waals surface area contributed by atoms with E-state index in [9.17, 15) is 31.2 Å². The van der Waals surface area contributed by atoms with Gasteiger partial charge in [0, 0.05) is 47.6 Å². The Kier molecular flexibility index (Phi) is 12.0. The molecular weight excluding hydrogens is 662 g/mol. The van der Waals surface area contributed by atoms with E-state index in [1.807, 2.05) is 30.3 Å². The van der Waals surface area contributed by atoms with Gasteiger partial charge in [0.25, 0.3) is 0 Å². The number of halogens is 5. The largest absolute Gasteiger partial charge is 0.416 e. The molecule has 1 atom stereocenters. The summed E-state index contributed by atoms with van der Waals surface area (Å²) in [5.41, 5.74) is 0.120. The first-order valence-corrected chi connectivity index (χ1v) is 17.6. The van der Waals surface area contributed by atoms with Gasteiger partial charge >= 0.3 is 6.18 Å². The Morgan fingerprint density at radius 2 is 1.59 bits per heavy atom. The second-order valence-corrected chi connectivity index (χ2v) is 14.1. The zero-order valence-corrected chi connectivity index (χ0v) is 27.6. The Hall–Kier alpha value is -3.28. The van der Waals surface area contributed by atoms with Gasteiger partial charge in [-0.05, 0) is 55.2 Å². The molecule has 13 heteroatoms. The number of rotatable bonds is 13. The Balaban J connectivity index is 1.63. The SMILES string of the molecule is CS(=O)(=O)N(CCCC(=O)N(Cc1c(Cl)cccc1Cl)[C@H](Cc1ccccc1)C(=O)NC1CCCC1)c1cccc(C(F)(F)F)c1. The number of alkyl halides is 3. The van der Waals surface area contributed by atoms with Gasteiger partial charge in [-0.1, -0.05) is 78.5 Å². The van der Waals surface area contributed by atoms with Crippen molar-refractivity contribution in [3.8, 4) is 0 Å². The molecule has 1 fully saturated rings. The summed E-state index contributed by atoms with van der Waals surface area (Å²) >= 11 is 13.0. The molecule has 0 radical (unpaired) electrons. The normalized spacial score (nSPS) is 14.6. The lowest BCUT2D eigenvalue weighted by atomic mass is 10.0. The summed E-state index contributed by atoms with van der Waals surface area (Å²) in [5, 5.41) is 3.73. The van der Waals surface area contributed by atoms with Gasteiger partial charge in [0.05, 0.1) is 17.5 Å². The van der Waals surface area contributed by atoms with Gasteiger partial charge in [0.2, 0.25) is 21.8 Å². The molecule has 3 aromatic rings. The third kappa shape index (κ3) is 9.62. The number of anilines is 1. The van der Waals surface area contributed by atoms with E-state index in [1.165, 1.54) is 11.0 Å². The van der Waals surface area contributed by atoms with Crippen LogP contribution >= 0.6 is 23.2 Å². The van der Waals surface area contributed by atoms with Gasteiger partial charge in [0.1, 0.15) is 6.04 Å². The Labute approximate surface area is 277 Å². The number of carbonyl (C=O) groups is 2.